The van der Waals surface area contributed by atoms with Gasteiger partial charge in [-0.05, 0) is 23.6 Å². The highest BCUT2D eigenvalue weighted by atomic mass is 35.5. The summed E-state index contributed by atoms with van der Waals surface area (Å²) in [5, 5.41) is 0. The second-order valence-electron chi connectivity index (χ2n) is 3.24. The maximum absolute atomic E-state index is 11.1. The van der Waals surface area contributed by atoms with Crippen molar-refractivity contribution in [1.82, 2.24) is 0 Å². The number of hydrogen-bond donors (Lipinski definition) is 0. The summed E-state index contributed by atoms with van der Waals surface area (Å²) in [5.41, 5.74) is 3.21. The number of ketones is 1. The minimum Gasteiger partial charge on any atom is -0.298 e. The Balaban J connectivity index is 2.83. The minimum atomic E-state index is 0.0494. The number of aryl methyl sites for hydroxylation is 1. The number of Topliss-reactive ketones (excluding diaryl/α,β-unsaturated/α-hetero) is 1. The molecule has 0 aliphatic carbocycles. The van der Waals surface area contributed by atoms with Crippen LogP contribution in [0.4, 0.5) is 0 Å². The monoisotopic (exact) mass is 230 g/mol. The van der Waals surface area contributed by atoms with Gasteiger partial charge in [0.05, 0.1) is 5.88 Å². The molecular weight excluding hydrogens is 219 g/mol. The van der Waals surface area contributed by atoms with E-state index in [0.717, 1.165) is 16.7 Å². The average molecular weight is 231 g/mol. The van der Waals surface area contributed by atoms with Crippen LogP contribution >= 0.6 is 23.2 Å². The van der Waals surface area contributed by atoms with Crippen molar-refractivity contribution in [3.05, 3.63) is 34.9 Å². The molecular formula is C11H12Cl2O. The summed E-state index contributed by atoms with van der Waals surface area (Å²) in [7, 11) is 0. The third-order valence-electron chi connectivity index (χ3n) is 2.10. The normalized spacial score (nSPS) is 10.2. The number of hydrogen-bond acceptors (Lipinski definition) is 1. The molecule has 1 nitrogen and oxygen atoms in total. The van der Waals surface area contributed by atoms with Crippen molar-refractivity contribution in [2.24, 2.45) is 0 Å². The van der Waals surface area contributed by atoms with E-state index in [1.54, 1.807) is 0 Å². The Morgan fingerprint density at radius 2 is 2.07 bits per heavy atom. The SMILES string of the molecule is Cc1cc(CCl)ccc1CC(=O)CCl. The van der Waals surface area contributed by atoms with Gasteiger partial charge < -0.3 is 0 Å². The zero-order valence-electron chi connectivity index (χ0n) is 8.02. The van der Waals surface area contributed by atoms with Crippen molar-refractivity contribution in [3.63, 3.8) is 0 Å². The first kappa shape index (κ1) is 11.5. The Kier molecular flexibility index (Phi) is 4.43. The van der Waals surface area contributed by atoms with Crippen molar-refractivity contribution in [3.8, 4) is 0 Å². The molecule has 1 aromatic rings. The summed E-state index contributed by atoms with van der Waals surface area (Å²) in [6.45, 7) is 1.98. The highest BCUT2D eigenvalue weighted by Crippen LogP contribution is 2.13. The Hall–Kier alpha value is -0.530. The fraction of sp³-hybridized carbons (Fsp3) is 0.364. The minimum absolute atomic E-state index is 0.0494. The molecule has 0 aliphatic rings. The van der Waals surface area contributed by atoms with Gasteiger partial charge in [-0.25, -0.2) is 0 Å². The van der Waals surface area contributed by atoms with Crippen molar-refractivity contribution in [2.75, 3.05) is 5.88 Å². The van der Waals surface area contributed by atoms with Crippen LogP contribution < -0.4 is 0 Å². The first-order valence-corrected chi connectivity index (χ1v) is 5.46. The van der Waals surface area contributed by atoms with Gasteiger partial charge in [-0.1, -0.05) is 18.2 Å². The fourth-order valence-corrected chi connectivity index (χ4v) is 1.56. The molecule has 3 heteroatoms. The Labute approximate surface area is 94.0 Å². The fourth-order valence-electron chi connectivity index (χ4n) is 1.30. The van der Waals surface area contributed by atoms with Gasteiger partial charge in [-0.3, -0.25) is 4.79 Å². The average Bonchev–Trinajstić information content (AvgIpc) is 2.20. The highest BCUT2D eigenvalue weighted by Gasteiger charge is 2.05. The molecule has 0 amide bonds. The zero-order valence-corrected chi connectivity index (χ0v) is 9.53. The van der Waals surface area contributed by atoms with Gasteiger partial charge in [-0.15, -0.1) is 23.2 Å². The van der Waals surface area contributed by atoms with Crippen LogP contribution in [0.3, 0.4) is 0 Å². The van der Waals surface area contributed by atoms with Crippen LogP contribution in [0.1, 0.15) is 16.7 Å². The van der Waals surface area contributed by atoms with E-state index >= 15 is 0 Å². The molecule has 14 heavy (non-hydrogen) atoms. The lowest BCUT2D eigenvalue weighted by Crippen LogP contribution is -2.05. The smallest absolute Gasteiger partial charge is 0.151 e. The molecule has 0 radical (unpaired) electrons. The van der Waals surface area contributed by atoms with Crippen LogP contribution in [0.2, 0.25) is 0 Å². The molecule has 0 bridgehead atoms. The number of benzene rings is 1. The van der Waals surface area contributed by atoms with Crippen LogP contribution in [-0.2, 0) is 17.1 Å². The summed E-state index contributed by atoms with van der Waals surface area (Å²) in [6, 6.07) is 5.89. The summed E-state index contributed by atoms with van der Waals surface area (Å²) < 4.78 is 0. The standard InChI is InChI=1S/C11H12Cl2O/c1-8-4-9(6-12)2-3-10(8)5-11(14)7-13/h2-4H,5-7H2,1H3. The third-order valence-corrected chi connectivity index (χ3v) is 2.70. The third kappa shape index (κ3) is 3.00. The van der Waals surface area contributed by atoms with Gasteiger partial charge >= 0.3 is 0 Å². The summed E-state index contributed by atoms with van der Waals surface area (Å²) in [5.74, 6) is 0.634. The van der Waals surface area contributed by atoms with Crippen LogP contribution in [-0.4, -0.2) is 11.7 Å². The van der Waals surface area contributed by atoms with Gasteiger partial charge in [0, 0.05) is 12.3 Å². The first-order chi connectivity index (χ1) is 6.67. The van der Waals surface area contributed by atoms with Crippen molar-refractivity contribution in [1.29, 1.82) is 0 Å². The Morgan fingerprint density at radius 1 is 1.36 bits per heavy atom. The number of carbonyl (C=O) groups excluding carboxylic acids is 1. The lowest BCUT2D eigenvalue weighted by molar-refractivity contribution is -0.116. The summed E-state index contributed by atoms with van der Waals surface area (Å²) >= 11 is 11.1. The lowest BCUT2D eigenvalue weighted by Gasteiger charge is -2.05. The van der Waals surface area contributed by atoms with Crippen LogP contribution in [0.15, 0.2) is 18.2 Å². The molecule has 0 fully saturated rings. The van der Waals surface area contributed by atoms with Gasteiger partial charge in [0.25, 0.3) is 0 Å². The van der Waals surface area contributed by atoms with Gasteiger partial charge in [0.2, 0.25) is 0 Å². The van der Waals surface area contributed by atoms with Gasteiger partial charge in [0.1, 0.15) is 0 Å². The van der Waals surface area contributed by atoms with E-state index < -0.39 is 0 Å². The predicted molar refractivity (Wildman–Crippen MR) is 60.2 cm³/mol. The van der Waals surface area contributed by atoms with Crippen molar-refractivity contribution >= 4 is 29.0 Å². The molecule has 1 aromatic carbocycles. The van der Waals surface area contributed by atoms with E-state index in [4.69, 9.17) is 23.2 Å². The topological polar surface area (TPSA) is 17.1 Å². The Bertz CT molecular complexity index is 334. The molecule has 0 heterocycles. The molecule has 0 aromatic heterocycles. The lowest BCUT2D eigenvalue weighted by atomic mass is 10.0. The first-order valence-electron chi connectivity index (χ1n) is 4.39. The number of rotatable bonds is 4. The van der Waals surface area contributed by atoms with E-state index in [-0.39, 0.29) is 11.7 Å². The second kappa shape index (κ2) is 5.38. The summed E-state index contributed by atoms with van der Waals surface area (Å²) in [4.78, 5) is 11.1. The van der Waals surface area contributed by atoms with Crippen molar-refractivity contribution in [2.45, 2.75) is 19.2 Å². The van der Waals surface area contributed by atoms with E-state index in [1.807, 2.05) is 25.1 Å². The van der Waals surface area contributed by atoms with Gasteiger partial charge in [0.15, 0.2) is 5.78 Å². The maximum atomic E-state index is 11.1. The molecule has 1 rings (SSSR count). The van der Waals surface area contributed by atoms with E-state index in [1.165, 1.54) is 0 Å². The molecule has 0 spiro atoms. The van der Waals surface area contributed by atoms with Crippen LogP contribution in [0.5, 0.6) is 0 Å². The molecule has 0 atom stereocenters. The quantitative estimate of drug-likeness (QED) is 0.727. The highest BCUT2D eigenvalue weighted by molar-refractivity contribution is 6.27. The van der Waals surface area contributed by atoms with Gasteiger partial charge in [-0.2, -0.15) is 0 Å². The maximum Gasteiger partial charge on any atom is 0.151 e. The predicted octanol–water partition coefficient (Wildman–Crippen LogP) is 3.08. The van der Waals surface area contributed by atoms with E-state index in [9.17, 15) is 4.79 Å². The second-order valence-corrected chi connectivity index (χ2v) is 3.78. The number of carbonyl (C=O) groups is 1. The molecule has 0 unspecified atom stereocenters. The number of halogens is 2. The number of alkyl halides is 2. The molecule has 0 saturated carbocycles. The van der Waals surface area contributed by atoms with Crippen molar-refractivity contribution < 1.29 is 4.79 Å². The van der Waals surface area contributed by atoms with Crippen LogP contribution in [0, 0.1) is 6.92 Å². The summed E-state index contributed by atoms with van der Waals surface area (Å²) in [6.07, 6.45) is 0.415. The Morgan fingerprint density at radius 3 is 2.57 bits per heavy atom. The zero-order chi connectivity index (χ0) is 10.6. The van der Waals surface area contributed by atoms with E-state index in [2.05, 4.69) is 0 Å². The molecule has 0 aliphatic heterocycles. The molecule has 0 N–H and O–H groups in total. The molecule has 76 valence electrons. The largest absolute Gasteiger partial charge is 0.298 e. The van der Waals surface area contributed by atoms with E-state index in [0.29, 0.717) is 12.3 Å². The van der Waals surface area contributed by atoms with Crippen LogP contribution in [0.25, 0.3) is 0 Å². The molecule has 0 saturated heterocycles.